The standard InChI is InChI=1S/C18H19FN2O3S/c19-15-5-3-4-14(12-15)13-18(22)20-16-6-8-17(9-7-16)25(23,24)21-10-1-2-11-21/h3-9,12H,1-2,10-11,13H2,(H,20,22). The Morgan fingerprint density at radius 3 is 2.40 bits per heavy atom. The second kappa shape index (κ2) is 7.33. The Hall–Kier alpha value is -2.25. The first-order chi connectivity index (χ1) is 11.9. The van der Waals surface area contributed by atoms with Crippen molar-refractivity contribution >= 4 is 21.6 Å². The number of hydrogen-bond donors (Lipinski definition) is 1. The lowest BCUT2D eigenvalue weighted by Crippen LogP contribution is -2.27. The van der Waals surface area contributed by atoms with Crippen LogP contribution >= 0.6 is 0 Å². The third kappa shape index (κ3) is 4.24. The molecule has 1 N–H and O–H groups in total. The number of nitrogens with zero attached hydrogens (tertiary/aromatic N) is 1. The summed E-state index contributed by atoms with van der Waals surface area (Å²) in [5.74, 6) is -0.678. The lowest BCUT2D eigenvalue weighted by Gasteiger charge is -2.15. The molecule has 2 aromatic carbocycles. The molecule has 0 aliphatic carbocycles. The highest BCUT2D eigenvalue weighted by Crippen LogP contribution is 2.22. The van der Waals surface area contributed by atoms with E-state index in [-0.39, 0.29) is 23.0 Å². The summed E-state index contributed by atoms with van der Waals surface area (Å²) in [4.78, 5) is 12.2. The smallest absolute Gasteiger partial charge is 0.243 e. The van der Waals surface area contributed by atoms with Crippen LogP contribution in [0.1, 0.15) is 18.4 Å². The fourth-order valence-corrected chi connectivity index (χ4v) is 4.34. The Balaban J connectivity index is 1.65. The van der Waals surface area contributed by atoms with Crippen LogP contribution in [-0.2, 0) is 21.2 Å². The Morgan fingerprint density at radius 2 is 1.76 bits per heavy atom. The summed E-state index contributed by atoms with van der Waals surface area (Å²) >= 11 is 0. The van der Waals surface area contributed by atoms with Gasteiger partial charge in [0.25, 0.3) is 0 Å². The number of halogens is 1. The van der Waals surface area contributed by atoms with E-state index in [9.17, 15) is 17.6 Å². The third-order valence-corrected chi connectivity index (χ3v) is 6.01. The van der Waals surface area contributed by atoms with E-state index < -0.39 is 10.0 Å². The molecule has 1 saturated heterocycles. The number of sulfonamides is 1. The zero-order valence-electron chi connectivity index (χ0n) is 13.6. The Kier molecular flexibility index (Phi) is 5.15. The number of benzene rings is 2. The van der Waals surface area contributed by atoms with Crippen molar-refractivity contribution in [3.8, 4) is 0 Å². The van der Waals surface area contributed by atoms with Crippen LogP contribution in [0.2, 0.25) is 0 Å². The van der Waals surface area contributed by atoms with E-state index in [1.165, 1.54) is 28.6 Å². The topological polar surface area (TPSA) is 66.5 Å². The molecule has 0 spiro atoms. The van der Waals surface area contributed by atoms with Gasteiger partial charge in [0.2, 0.25) is 15.9 Å². The first-order valence-corrected chi connectivity index (χ1v) is 9.54. The minimum Gasteiger partial charge on any atom is -0.326 e. The fourth-order valence-electron chi connectivity index (χ4n) is 2.83. The van der Waals surface area contributed by atoms with Gasteiger partial charge in [-0.1, -0.05) is 12.1 Å². The molecule has 132 valence electrons. The Bertz CT molecular complexity index is 860. The van der Waals surface area contributed by atoms with Crippen LogP contribution in [0.3, 0.4) is 0 Å². The van der Waals surface area contributed by atoms with Gasteiger partial charge in [-0.3, -0.25) is 4.79 Å². The summed E-state index contributed by atoms with van der Waals surface area (Å²) in [6, 6.07) is 12.0. The number of nitrogens with one attached hydrogen (secondary N) is 1. The lowest BCUT2D eigenvalue weighted by atomic mass is 10.1. The SMILES string of the molecule is O=C(Cc1cccc(F)c1)Nc1ccc(S(=O)(=O)N2CCCC2)cc1. The van der Waals surface area contributed by atoms with Crippen molar-refractivity contribution in [2.75, 3.05) is 18.4 Å². The van der Waals surface area contributed by atoms with Gasteiger partial charge in [-0.25, -0.2) is 12.8 Å². The van der Waals surface area contributed by atoms with E-state index >= 15 is 0 Å². The average Bonchev–Trinajstić information content (AvgIpc) is 3.10. The molecule has 5 nitrogen and oxygen atoms in total. The molecule has 1 amide bonds. The number of anilines is 1. The van der Waals surface area contributed by atoms with Gasteiger partial charge < -0.3 is 5.32 Å². The van der Waals surface area contributed by atoms with Crippen molar-refractivity contribution in [3.05, 3.63) is 59.9 Å². The number of carbonyl (C=O) groups is 1. The van der Waals surface area contributed by atoms with Gasteiger partial charge in [0, 0.05) is 18.8 Å². The van der Waals surface area contributed by atoms with Crippen molar-refractivity contribution in [2.45, 2.75) is 24.2 Å². The largest absolute Gasteiger partial charge is 0.326 e. The molecule has 0 radical (unpaired) electrons. The molecule has 1 fully saturated rings. The molecule has 0 bridgehead atoms. The predicted octanol–water partition coefficient (Wildman–Crippen LogP) is 2.79. The molecular formula is C18H19FN2O3S. The molecular weight excluding hydrogens is 343 g/mol. The maximum atomic E-state index is 13.1. The maximum absolute atomic E-state index is 13.1. The normalized spacial score (nSPS) is 15.2. The van der Waals surface area contributed by atoms with Crippen LogP contribution in [0.25, 0.3) is 0 Å². The quantitative estimate of drug-likeness (QED) is 0.889. The van der Waals surface area contributed by atoms with Crippen LogP contribution < -0.4 is 5.32 Å². The van der Waals surface area contributed by atoms with Crippen LogP contribution in [0.5, 0.6) is 0 Å². The van der Waals surface area contributed by atoms with E-state index in [1.807, 2.05) is 0 Å². The van der Waals surface area contributed by atoms with Gasteiger partial charge in [0.15, 0.2) is 0 Å². The number of hydrogen-bond acceptors (Lipinski definition) is 3. The third-order valence-electron chi connectivity index (χ3n) is 4.09. The van der Waals surface area contributed by atoms with E-state index in [0.717, 1.165) is 12.8 Å². The minimum absolute atomic E-state index is 0.0472. The van der Waals surface area contributed by atoms with Gasteiger partial charge in [0.1, 0.15) is 5.82 Å². The Morgan fingerprint density at radius 1 is 1.08 bits per heavy atom. The van der Waals surface area contributed by atoms with Crippen molar-refractivity contribution in [3.63, 3.8) is 0 Å². The summed E-state index contributed by atoms with van der Waals surface area (Å²) in [7, 11) is -3.46. The summed E-state index contributed by atoms with van der Waals surface area (Å²) in [5.41, 5.74) is 1.08. The van der Waals surface area contributed by atoms with Crippen LogP contribution in [-0.4, -0.2) is 31.7 Å². The molecule has 2 aromatic rings. The van der Waals surface area contributed by atoms with Crippen LogP contribution in [0.15, 0.2) is 53.4 Å². The maximum Gasteiger partial charge on any atom is 0.243 e. The van der Waals surface area contributed by atoms with Gasteiger partial charge in [-0.05, 0) is 54.8 Å². The van der Waals surface area contributed by atoms with Gasteiger partial charge >= 0.3 is 0 Å². The second-order valence-corrected chi connectivity index (χ2v) is 7.93. The zero-order chi connectivity index (χ0) is 17.9. The minimum atomic E-state index is -3.46. The Labute approximate surface area is 146 Å². The molecule has 1 aliphatic heterocycles. The summed E-state index contributed by atoms with van der Waals surface area (Å²) in [6.07, 6.45) is 1.81. The zero-order valence-corrected chi connectivity index (χ0v) is 14.4. The van der Waals surface area contributed by atoms with Gasteiger partial charge in [-0.15, -0.1) is 0 Å². The molecule has 0 aromatic heterocycles. The predicted molar refractivity (Wildman–Crippen MR) is 93.2 cm³/mol. The number of amides is 1. The molecule has 1 aliphatic rings. The van der Waals surface area contributed by atoms with E-state index in [4.69, 9.17) is 0 Å². The molecule has 0 saturated carbocycles. The first-order valence-electron chi connectivity index (χ1n) is 8.10. The first kappa shape index (κ1) is 17.6. The summed E-state index contributed by atoms with van der Waals surface area (Å²) < 4.78 is 39.5. The van der Waals surface area contributed by atoms with E-state index in [2.05, 4.69) is 5.32 Å². The van der Waals surface area contributed by atoms with Crippen LogP contribution in [0.4, 0.5) is 10.1 Å². The highest BCUT2D eigenvalue weighted by atomic mass is 32.2. The molecule has 0 atom stereocenters. The molecule has 1 heterocycles. The van der Waals surface area contributed by atoms with Crippen molar-refractivity contribution in [1.82, 2.24) is 4.31 Å². The van der Waals surface area contributed by atoms with E-state index in [0.29, 0.717) is 24.3 Å². The highest BCUT2D eigenvalue weighted by Gasteiger charge is 2.26. The van der Waals surface area contributed by atoms with Gasteiger partial charge in [0.05, 0.1) is 11.3 Å². The van der Waals surface area contributed by atoms with Gasteiger partial charge in [-0.2, -0.15) is 4.31 Å². The number of rotatable bonds is 5. The van der Waals surface area contributed by atoms with Crippen molar-refractivity contribution in [1.29, 1.82) is 0 Å². The monoisotopic (exact) mass is 362 g/mol. The highest BCUT2D eigenvalue weighted by molar-refractivity contribution is 7.89. The molecule has 25 heavy (non-hydrogen) atoms. The van der Waals surface area contributed by atoms with Crippen LogP contribution in [0, 0.1) is 5.82 Å². The molecule has 0 unspecified atom stereocenters. The molecule has 3 rings (SSSR count). The molecule has 7 heteroatoms. The van der Waals surface area contributed by atoms with Crippen molar-refractivity contribution < 1.29 is 17.6 Å². The number of carbonyl (C=O) groups excluding carboxylic acids is 1. The van der Waals surface area contributed by atoms with E-state index in [1.54, 1.807) is 24.3 Å². The fraction of sp³-hybridized carbons (Fsp3) is 0.278. The summed E-state index contributed by atoms with van der Waals surface area (Å²) in [5, 5.41) is 2.69. The lowest BCUT2D eigenvalue weighted by molar-refractivity contribution is -0.115. The summed E-state index contributed by atoms with van der Waals surface area (Å²) in [6.45, 7) is 1.10. The average molecular weight is 362 g/mol. The van der Waals surface area contributed by atoms with Crippen molar-refractivity contribution in [2.24, 2.45) is 0 Å². The second-order valence-electron chi connectivity index (χ2n) is 5.99.